The van der Waals surface area contributed by atoms with Crippen molar-refractivity contribution in [3.05, 3.63) is 173 Å². The highest BCUT2D eigenvalue weighted by Gasteiger charge is 2.27. The van der Waals surface area contributed by atoms with Crippen LogP contribution in [-0.2, 0) is 12.8 Å². The maximum absolute atomic E-state index is 5.76. The summed E-state index contributed by atoms with van der Waals surface area (Å²) < 4.78 is 9.91. The van der Waals surface area contributed by atoms with Crippen molar-refractivity contribution < 1.29 is 0 Å². The molecule has 5 heterocycles. The molecule has 0 saturated carbocycles. The van der Waals surface area contributed by atoms with E-state index in [0.717, 1.165) is 49.4 Å². The fourth-order valence-corrected chi connectivity index (χ4v) is 10.8. The summed E-state index contributed by atoms with van der Waals surface area (Å²) in [5.41, 5.74) is 17.6. The van der Waals surface area contributed by atoms with Crippen LogP contribution in [0.2, 0.25) is 0 Å². The summed E-state index contributed by atoms with van der Waals surface area (Å²) in [6.07, 6.45) is 18.9. The molecule has 0 radical (unpaired) electrons. The zero-order valence-corrected chi connectivity index (χ0v) is 35.2. The quantitative estimate of drug-likeness (QED) is 0.160. The zero-order chi connectivity index (χ0) is 40.9. The molecule has 61 heavy (non-hydrogen) atoms. The summed E-state index contributed by atoms with van der Waals surface area (Å²) in [4.78, 5) is 5.76. The van der Waals surface area contributed by atoms with Crippen molar-refractivity contribution in [1.82, 2.24) is 23.3 Å². The second kappa shape index (κ2) is 13.7. The molecule has 296 valence electrons. The van der Waals surface area contributed by atoms with Crippen molar-refractivity contribution in [3.8, 4) is 17.3 Å². The average molecular weight is 790 g/mol. The van der Waals surface area contributed by atoms with E-state index in [2.05, 4.69) is 198 Å². The molecule has 0 N–H and O–H groups in total. The highest BCUT2D eigenvalue weighted by Crippen LogP contribution is 2.44. The Balaban J connectivity index is 1.17. The van der Waals surface area contributed by atoms with Crippen LogP contribution in [0.15, 0.2) is 145 Å². The summed E-state index contributed by atoms with van der Waals surface area (Å²) >= 11 is 0. The molecule has 10 aromatic rings. The normalized spacial score (nSPS) is 14.6. The maximum Gasteiger partial charge on any atom is 0.139 e. The van der Waals surface area contributed by atoms with Gasteiger partial charge in [-0.05, 0) is 120 Å². The summed E-state index contributed by atoms with van der Waals surface area (Å²) in [5, 5.41) is 7.57. The molecule has 0 bridgehead atoms. The number of para-hydroxylation sites is 2. The Morgan fingerprint density at radius 1 is 0.574 bits per heavy atom. The average Bonchev–Trinajstić information content (AvgIpc) is 3.95. The van der Waals surface area contributed by atoms with Gasteiger partial charge >= 0.3 is 0 Å². The van der Waals surface area contributed by atoms with Gasteiger partial charge in [0.2, 0.25) is 0 Å². The van der Waals surface area contributed by atoms with Crippen LogP contribution >= 0.6 is 0 Å². The SMILES string of the molecule is C/C=C\C(=C/C)n1c2ccc(C)cc2c2ccc3c4c(n(-c5cccc(-n6c7c(c8cc9c(cc86)c6ccccc6n9-c6ccccc6)C=CCC7)n5)c3c21)CCCC(C)=C4. The minimum Gasteiger partial charge on any atom is -0.309 e. The minimum atomic E-state index is 0.951. The largest absolute Gasteiger partial charge is 0.309 e. The number of aryl methyl sites for hydroxylation is 1. The topological polar surface area (TPSA) is 32.6 Å². The molecule has 0 atom stereocenters. The van der Waals surface area contributed by atoms with Crippen molar-refractivity contribution >= 4 is 83.3 Å². The molecule has 0 fully saturated rings. The van der Waals surface area contributed by atoms with Crippen LogP contribution in [0.3, 0.4) is 0 Å². The van der Waals surface area contributed by atoms with Crippen LogP contribution in [0, 0.1) is 6.92 Å². The molecule has 12 rings (SSSR count). The fourth-order valence-electron chi connectivity index (χ4n) is 10.8. The Bertz CT molecular complexity index is 3590. The van der Waals surface area contributed by atoms with Gasteiger partial charge in [0, 0.05) is 66.2 Å². The third-order valence-electron chi connectivity index (χ3n) is 13.3. The van der Waals surface area contributed by atoms with Crippen molar-refractivity contribution in [2.75, 3.05) is 0 Å². The standard InChI is InChI=1S/C56H47N5/c1-5-16-37(6-2)59-50-30-27-36(4)32-44(50)41-28-29-42-43-31-35(3)17-14-24-49(43)61(56(42)55(41)59)54-26-15-25-53(57-54)60-48-23-13-11-21-40(48)46-33-51-45(34-52(46)60)39-20-10-12-22-47(39)58(51)38-18-8-7-9-19-38/h5-12,15-16,18-22,25-34H,13-14,17,23-24H2,1-4H3/b16-5-,37-6+. The van der Waals surface area contributed by atoms with Crippen LogP contribution in [0.1, 0.15) is 68.1 Å². The van der Waals surface area contributed by atoms with E-state index in [1.807, 2.05) is 0 Å². The molecule has 5 aromatic heterocycles. The molecule has 0 saturated heterocycles. The first kappa shape index (κ1) is 35.8. The van der Waals surface area contributed by atoms with Gasteiger partial charge in [0.05, 0.1) is 33.1 Å². The minimum absolute atomic E-state index is 0.951. The molecule has 5 aromatic carbocycles. The monoisotopic (exact) mass is 789 g/mol. The van der Waals surface area contributed by atoms with Crippen LogP contribution in [0.5, 0.6) is 0 Å². The zero-order valence-electron chi connectivity index (χ0n) is 35.2. The number of allylic oxidation sites excluding steroid dienone is 6. The first-order valence-corrected chi connectivity index (χ1v) is 21.9. The summed E-state index contributed by atoms with van der Waals surface area (Å²) in [6.45, 7) is 8.75. The Labute approximate surface area is 355 Å². The summed E-state index contributed by atoms with van der Waals surface area (Å²) in [7, 11) is 0. The van der Waals surface area contributed by atoms with E-state index in [-0.39, 0.29) is 0 Å². The highest BCUT2D eigenvalue weighted by molar-refractivity contribution is 6.20. The summed E-state index contributed by atoms with van der Waals surface area (Å²) in [5.74, 6) is 1.90. The van der Waals surface area contributed by atoms with Gasteiger partial charge in [0.25, 0.3) is 0 Å². The predicted molar refractivity (Wildman–Crippen MR) is 259 cm³/mol. The van der Waals surface area contributed by atoms with Crippen molar-refractivity contribution in [3.63, 3.8) is 0 Å². The van der Waals surface area contributed by atoms with Gasteiger partial charge in [0.15, 0.2) is 0 Å². The smallest absolute Gasteiger partial charge is 0.139 e. The molecule has 0 aliphatic heterocycles. The van der Waals surface area contributed by atoms with E-state index < -0.39 is 0 Å². The van der Waals surface area contributed by atoms with Crippen molar-refractivity contribution in [1.29, 1.82) is 0 Å². The molecule has 2 aliphatic rings. The van der Waals surface area contributed by atoms with Crippen molar-refractivity contribution in [2.24, 2.45) is 0 Å². The highest BCUT2D eigenvalue weighted by atomic mass is 15.2. The number of aromatic nitrogens is 5. The van der Waals surface area contributed by atoms with Gasteiger partial charge in [0.1, 0.15) is 11.6 Å². The summed E-state index contributed by atoms with van der Waals surface area (Å²) in [6, 6.07) is 42.8. The van der Waals surface area contributed by atoms with Gasteiger partial charge in [-0.25, -0.2) is 4.98 Å². The second-order valence-corrected chi connectivity index (χ2v) is 17.0. The van der Waals surface area contributed by atoms with Gasteiger partial charge in [-0.15, -0.1) is 0 Å². The van der Waals surface area contributed by atoms with E-state index in [1.54, 1.807) is 0 Å². The first-order chi connectivity index (χ1) is 30.0. The van der Waals surface area contributed by atoms with Gasteiger partial charge in [-0.1, -0.05) is 102 Å². The van der Waals surface area contributed by atoms with Crippen LogP contribution in [0.25, 0.3) is 101 Å². The van der Waals surface area contributed by atoms with Gasteiger partial charge in [-0.2, -0.15) is 0 Å². The molecular weight excluding hydrogens is 743 g/mol. The van der Waals surface area contributed by atoms with Crippen LogP contribution in [-0.4, -0.2) is 23.3 Å². The molecule has 2 aliphatic carbocycles. The lowest BCUT2D eigenvalue weighted by Gasteiger charge is -2.16. The van der Waals surface area contributed by atoms with E-state index in [9.17, 15) is 0 Å². The first-order valence-electron chi connectivity index (χ1n) is 21.9. The maximum atomic E-state index is 5.76. The molecule has 0 amide bonds. The molecule has 5 heteroatoms. The fraction of sp³-hybridized carbons (Fsp3) is 0.161. The predicted octanol–water partition coefficient (Wildman–Crippen LogP) is 14.6. The van der Waals surface area contributed by atoms with Crippen molar-refractivity contribution in [2.45, 2.75) is 59.8 Å². The van der Waals surface area contributed by atoms with E-state index >= 15 is 0 Å². The Morgan fingerprint density at radius 2 is 1.33 bits per heavy atom. The Morgan fingerprint density at radius 3 is 2.18 bits per heavy atom. The number of hydrogen-bond acceptors (Lipinski definition) is 1. The van der Waals surface area contributed by atoms with Crippen LogP contribution < -0.4 is 0 Å². The number of nitrogens with zero attached hydrogens (tertiary/aromatic N) is 5. The van der Waals surface area contributed by atoms with E-state index in [4.69, 9.17) is 4.98 Å². The number of benzene rings is 5. The van der Waals surface area contributed by atoms with E-state index in [1.165, 1.54) is 105 Å². The lowest BCUT2D eigenvalue weighted by molar-refractivity contribution is 0.781. The van der Waals surface area contributed by atoms with Gasteiger partial charge in [-0.3, -0.25) is 9.13 Å². The molecule has 0 spiro atoms. The van der Waals surface area contributed by atoms with E-state index in [0.29, 0.717) is 0 Å². The lowest BCUT2D eigenvalue weighted by Crippen LogP contribution is -2.09. The second-order valence-electron chi connectivity index (χ2n) is 17.0. The number of rotatable bonds is 5. The number of fused-ring (bicyclic) bond motifs is 13. The molecular formula is C56H47N5. The Kier molecular flexibility index (Phi) is 8.05. The van der Waals surface area contributed by atoms with Crippen LogP contribution in [0.4, 0.5) is 0 Å². The molecule has 0 unspecified atom stereocenters. The third-order valence-corrected chi connectivity index (χ3v) is 13.3. The number of hydrogen-bond donors (Lipinski definition) is 0. The van der Waals surface area contributed by atoms with Gasteiger partial charge < -0.3 is 9.13 Å². The Hall–Kier alpha value is -7.11. The lowest BCUT2D eigenvalue weighted by atomic mass is 10.0. The molecule has 5 nitrogen and oxygen atoms in total. The number of pyridine rings is 1. The third kappa shape index (κ3) is 5.23.